The van der Waals surface area contributed by atoms with E-state index in [1.54, 1.807) is 9.58 Å². The molecule has 2 heterocycles. The van der Waals surface area contributed by atoms with Crippen molar-refractivity contribution in [2.24, 2.45) is 5.73 Å². The molecule has 1 amide bonds. The minimum absolute atomic E-state index is 0.155. The fraction of sp³-hybridized carbons (Fsp3) is 0.357. The third kappa shape index (κ3) is 3.03. The largest absolute Gasteiger partial charge is 0.445 e. The predicted octanol–water partition coefficient (Wildman–Crippen LogP) is 0.930. The highest BCUT2D eigenvalue weighted by Gasteiger charge is 2.33. The lowest BCUT2D eigenvalue weighted by molar-refractivity contribution is 0.0492. The van der Waals surface area contributed by atoms with E-state index in [4.69, 9.17) is 10.5 Å². The first-order chi connectivity index (χ1) is 10.3. The third-order valence-electron chi connectivity index (χ3n) is 3.47. The summed E-state index contributed by atoms with van der Waals surface area (Å²) in [5, 5.41) is 7.94. The number of carbonyl (C=O) groups is 1. The molecule has 2 N–H and O–H groups in total. The van der Waals surface area contributed by atoms with Crippen LogP contribution in [0.4, 0.5) is 4.79 Å². The Hall–Kier alpha value is -2.41. The molecule has 3 rings (SSSR count). The molecule has 1 saturated heterocycles. The van der Waals surface area contributed by atoms with Gasteiger partial charge in [0.15, 0.2) is 0 Å². The molecule has 0 unspecified atom stereocenters. The van der Waals surface area contributed by atoms with Gasteiger partial charge in [0.25, 0.3) is 0 Å². The van der Waals surface area contributed by atoms with E-state index in [1.807, 2.05) is 36.5 Å². The summed E-state index contributed by atoms with van der Waals surface area (Å²) in [6.07, 6.45) is 1.52. The van der Waals surface area contributed by atoms with Crippen molar-refractivity contribution in [3.05, 3.63) is 47.8 Å². The highest BCUT2D eigenvalue weighted by molar-refractivity contribution is 5.68. The lowest BCUT2D eigenvalue weighted by Crippen LogP contribution is -2.51. The molecule has 2 aromatic rings. The van der Waals surface area contributed by atoms with E-state index in [0.29, 0.717) is 26.2 Å². The summed E-state index contributed by atoms with van der Waals surface area (Å²) < 4.78 is 7.02. The van der Waals surface area contributed by atoms with Gasteiger partial charge in [0.1, 0.15) is 6.61 Å². The Morgan fingerprint density at radius 1 is 1.33 bits per heavy atom. The van der Waals surface area contributed by atoms with E-state index >= 15 is 0 Å². The normalized spacial score (nSPS) is 14.8. The Labute approximate surface area is 122 Å². The first kappa shape index (κ1) is 13.6. The molecule has 1 aliphatic rings. The molecule has 110 valence electrons. The Morgan fingerprint density at radius 3 is 2.76 bits per heavy atom. The molecule has 1 aromatic heterocycles. The average molecular weight is 287 g/mol. The van der Waals surface area contributed by atoms with E-state index in [0.717, 1.165) is 11.3 Å². The number of hydrogen-bond acceptors (Lipinski definition) is 5. The molecule has 7 heteroatoms. The van der Waals surface area contributed by atoms with Crippen LogP contribution in [0.2, 0.25) is 0 Å². The third-order valence-corrected chi connectivity index (χ3v) is 3.47. The molecule has 0 aliphatic carbocycles. The molecule has 0 atom stereocenters. The van der Waals surface area contributed by atoms with Crippen LogP contribution in [0.5, 0.6) is 0 Å². The number of amides is 1. The highest BCUT2D eigenvalue weighted by Crippen LogP contribution is 2.21. The average Bonchev–Trinajstić information content (AvgIpc) is 2.93. The second-order valence-corrected chi connectivity index (χ2v) is 4.99. The van der Waals surface area contributed by atoms with E-state index in [9.17, 15) is 4.79 Å². The number of rotatable bonds is 4. The summed E-state index contributed by atoms with van der Waals surface area (Å²) in [6.45, 7) is 1.83. The first-order valence-corrected chi connectivity index (χ1v) is 6.82. The topological polar surface area (TPSA) is 86.3 Å². The number of ether oxygens (including phenoxy) is 1. The van der Waals surface area contributed by atoms with Gasteiger partial charge < -0.3 is 15.4 Å². The summed E-state index contributed by atoms with van der Waals surface area (Å²) in [5.74, 6) is 0. The zero-order valence-electron chi connectivity index (χ0n) is 11.6. The maximum Gasteiger partial charge on any atom is 0.410 e. The fourth-order valence-corrected chi connectivity index (χ4v) is 2.17. The second kappa shape index (κ2) is 5.92. The minimum Gasteiger partial charge on any atom is -0.445 e. The molecule has 1 aliphatic heterocycles. The van der Waals surface area contributed by atoms with Gasteiger partial charge in [-0.1, -0.05) is 35.5 Å². The monoisotopic (exact) mass is 287 g/mol. The lowest BCUT2D eigenvalue weighted by atomic mass is 10.1. The molecule has 1 aromatic carbocycles. The van der Waals surface area contributed by atoms with Gasteiger partial charge in [-0.05, 0) is 5.56 Å². The zero-order chi connectivity index (χ0) is 14.7. The van der Waals surface area contributed by atoms with E-state index in [2.05, 4.69) is 10.3 Å². The second-order valence-electron chi connectivity index (χ2n) is 4.99. The summed E-state index contributed by atoms with van der Waals surface area (Å²) >= 11 is 0. The van der Waals surface area contributed by atoms with Crippen molar-refractivity contribution in [2.45, 2.75) is 19.2 Å². The first-order valence-electron chi connectivity index (χ1n) is 6.82. The standard InChI is InChI=1S/C14H17N5O2/c15-6-12-7-19(17-16-12)13-8-18(9-13)14(20)21-10-11-4-2-1-3-5-11/h1-5,7,13H,6,8-10,15H2. The van der Waals surface area contributed by atoms with Crippen LogP contribution in [0.15, 0.2) is 36.5 Å². The number of nitrogens with zero attached hydrogens (tertiary/aromatic N) is 4. The van der Waals surface area contributed by atoms with Crippen molar-refractivity contribution >= 4 is 6.09 Å². The quantitative estimate of drug-likeness (QED) is 0.904. The molecule has 0 spiro atoms. The van der Waals surface area contributed by atoms with E-state index < -0.39 is 0 Å². The molecule has 1 fully saturated rings. The Kier molecular flexibility index (Phi) is 3.83. The van der Waals surface area contributed by atoms with Crippen LogP contribution in [0.1, 0.15) is 17.3 Å². The van der Waals surface area contributed by atoms with Crippen molar-refractivity contribution in [1.82, 2.24) is 19.9 Å². The lowest BCUT2D eigenvalue weighted by Gasteiger charge is -2.37. The summed E-state index contributed by atoms with van der Waals surface area (Å²) in [5.41, 5.74) is 7.22. The minimum atomic E-state index is -0.297. The van der Waals surface area contributed by atoms with E-state index in [-0.39, 0.29) is 12.1 Å². The molecular formula is C14H17N5O2. The van der Waals surface area contributed by atoms with Gasteiger partial charge in [-0.2, -0.15) is 0 Å². The van der Waals surface area contributed by atoms with Crippen LogP contribution in [0, 0.1) is 0 Å². The molecule has 0 saturated carbocycles. The molecule has 7 nitrogen and oxygen atoms in total. The maximum absolute atomic E-state index is 11.9. The van der Waals surface area contributed by atoms with Crippen molar-refractivity contribution in [3.8, 4) is 0 Å². The van der Waals surface area contributed by atoms with Crippen LogP contribution >= 0.6 is 0 Å². The van der Waals surface area contributed by atoms with Crippen LogP contribution < -0.4 is 5.73 Å². The SMILES string of the molecule is NCc1cn(C2CN(C(=O)OCc3ccccc3)C2)nn1. The molecule has 21 heavy (non-hydrogen) atoms. The number of benzene rings is 1. The van der Waals surface area contributed by atoms with Gasteiger partial charge in [0.2, 0.25) is 0 Å². The van der Waals surface area contributed by atoms with Crippen LogP contribution in [0.25, 0.3) is 0 Å². The van der Waals surface area contributed by atoms with Gasteiger partial charge >= 0.3 is 6.09 Å². The molecule has 0 radical (unpaired) electrons. The maximum atomic E-state index is 11.9. The number of likely N-dealkylation sites (tertiary alicyclic amines) is 1. The number of carbonyl (C=O) groups excluding carboxylic acids is 1. The molecule has 0 bridgehead atoms. The summed E-state index contributed by atoms with van der Waals surface area (Å²) in [4.78, 5) is 13.5. The van der Waals surface area contributed by atoms with Crippen LogP contribution in [-0.2, 0) is 17.9 Å². The van der Waals surface area contributed by atoms with Gasteiger partial charge in [0, 0.05) is 19.6 Å². The van der Waals surface area contributed by atoms with Crippen molar-refractivity contribution in [2.75, 3.05) is 13.1 Å². The number of aromatic nitrogens is 3. The smallest absolute Gasteiger partial charge is 0.410 e. The van der Waals surface area contributed by atoms with Crippen molar-refractivity contribution < 1.29 is 9.53 Å². The number of hydrogen-bond donors (Lipinski definition) is 1. The summed E-state index contributed by atoms with van der Waals surface area (Å²) in [6, 6.07) is 9.78. The highest BCUT2D eigenvalue weighted by atomic mass is 16.6. The van der Waals surface area contributed by atoms with Crippen molar-refractivity contribution in [1.29, 1.82) is 0 Å². The van der Waals surface area contributed by atoms with Gasteiger partial charge in [-0.25, -0.2) is 9.48 Å². The summed E-state index contributed by atoms with van der Waals surface area (Å²) in [7, 11) is 0. The Morgan fingerprint density at radius 2 is 2.10 bits per heavy atom. The van der Waals surface area contributed by atoms with Crippen LogP contribution in [-0.4, -0.2) is 39.1 Å². The fourth-order valence-electron chi connectivity index (χ4n) is 2.17. The van der Waals surface area contributed by atoms with Crippen molar-refractivity contribution in [3.63, 3.8) is 0 Å². The molecular weight excluding hydrogens is 270 g/mol. The van der Waals surface area contributed by atoms with Gasteiger partial charge in [-0.3, -0.25) is 0 Å². The van der Waals surface area contributed by atoms with Crippen LogP contribution in [0.3, 0.4) is 0 Å². The Balaban J connectivity index is 1.46. The van der Waals surface area contributed by atoms with Gasteiger partial charge in [-0.15, -0.1) is 5.10 Å². The van der Waals surface area contributed by atoms with Gasteiger partial charge in [0.05, 0.1) is 17.9 Å². The van der Waals surface area contributed by atoms with E-state index in [1.165, 1.54) is 0 Å². The number of nitrogens with two attached hydrogens (primary N) is 1. The zero-order valence-corrected chi connectivity index (χ0v) is 11.6. The Bertz CT molecular complexity index is 607. The predicted molar refractivity (Wildman–Crippen MR) is 75.2 cm³/mol.